The second-order valence-electron chi connectivity index (χ2n) is 8.29. The smallest absolute Gasteiger partial charge is 0.384 e. The summed E-state index contributed by atoms with van der Waals surface area (Å²) in [4.78, 5) is 38.4. The Morgan fingerprint density at radius 1 is 1.18 bits per heavy atom. The second kappa shape index (κ2) is 14.2. The zero-order chi connectivity index (χ0) is 24.9. The number of carbonyl (C=O) groups excluding carboxylic acids is 3. The molecule has 2 heterocycles. The maximum atomic E-state index is 13.1. The van der Waals surface area contributed by atoms with E-state index in [4.69, 9.17) is 24.3 Å². The Morgan fingerprint density at radius 2 is 1.88 bits per heavy atom. The van der Waals surface area contributed by atoms with E-state index in [2.05, 4.69) is 5.32 Å². The number of methoxy groups -OCH3 is 1. The third-order valence-corrected chi connectivity index (χ3v) is 5.37. The molecule has 0 aliphatic carbocycles. The van der Waals surface area contributed by atoms with E-state index in [9.17, 15) is 14.4 Å². The van der Waals surface area contributed by atoms with Crippen molar-refractivity contribution >= 4 is 31.5 Å². The van der Waals surface area contributed by atoms with Crippen LogP contribution < -0.4 is 10.1 Å². The Hall–Kier alpha value is -3.14. The van der Waals surface area contributed by atoms with Crippen LogP contribution in [0.1, 0.15) is 25.8 Å². The Bertz CT molecular complexity index is 857. The summed E-state index contributed by atoms with van der Waals surface area (Å²) in [5, 5.41) is 9.93. The Balaban J connectivity index is 2.30. The number of rotatable bonds is 5. The number of benzene rings is 1. The van der Waals surface area contributed by atoms with Gasteiger partial charge in [-0.15, -0.1) is 0 Å². The molecule has 1 amide bonds. The van der Waals surface area contributed by atoms with Gasteiger partial charge in [0.05, 0.1) is 38.1 Å². The molecule has 1 aromatic carbocycles. The summed E-state index contributed by atoms with van der Waals surface area (Å²) in [6.45, 7) is 4.23. The Labute approximate surface area is 201 Å². The molecule has 1 radical (unpaired) electrons. The normalized spacial score (nSPS) is 23.5. The van der Waals surface area contributed by atoms with Gasteiger partial charge in [-0.05, 0) is 36.1 Å². The van der Waals surface area contributed by atoms with Gasteiger partial charge in [0.2, 0.25) is 5.91 Å². The molecule has 2 aliphatic heterocycles. The highest BCUT2D eigenvalue weighted by atomic mass is 16.5. The van der Waals surface area contributed by atoms with Crippen LogP contribution in [0.3, 0.4) is 0 Å². The van der Waals surface area contributed by atoms with E-state index in [0.717, 1.165) is 12.0 Å². The van der Waals surface area contributed by atoms with Crippen molar-refractivity contribution in [2.45, 2.75) is 38.5 Å². The topological polar surface area (TPSA) is 124 Å². The predicted octanol–water partition coefficient (Wildman–Crippen LogP) is 2.11. The summed E-state index contributed by atoms with van der Waals surface area (Å²) in [6.07, 6.45) is 4.49. The number of hydrogen-bond donors (Lipinski definition) is 2. The van der Waals surface area contributed by atoms with Crippen LogP contribution >= 0.6 is 0 Å². The van der Waals surface area contributed by atoms with Gasteiger partial charge in [-0.25, -0.2) is 0 Å². The van der Waals surface area contributed by atoms with Crippen LogP contribution in [0.2, 0.25) is 5.82 Å². The van der Waals surface area contributed by atoms with Gasteiger partial charge in [0, 0.05) is 6.42 Å². The third kappa shape index (κ3) is 8.66. The molecule has 2 bridgehead atoms. The summed E-state index contributed by atoms with van der Waals surface area (Å²) in [7, 11) is 2.53. The maximum absolute atomic E-state index is 13.1. The summed E-state index contributed by atoms with van der Waals surface area (Å²) < 4.78 is 21.0. The van der Waals surface area contributed by atoms with E-state index in [1.54, 1.807) is 12.2 Å². The highest BCUT2D eigenvalue weighted by Gasteiger charge is 2.32. The minimum atomic E-state index is -0.812. The fraction of sp³-hybridized carbons (Fsp3) is 0.500. The van der Waals surface area contributed by atoms with Gasteiger partial charge < -0.3 is 24.2 Å². The molecule has 0 saturated carbocycles. The first-order valence-electron chi connectivity index (χ1n) is 11.2. The molecule has 3 rings (SSSR count). The van der Waals surface area contributed by atoms with Crippen LogP contribution in [0, 0.1) is 17.2 Å². The minimum Gasteiger partial charge on any atom is -0.555 e. The van der Waals surface area contributed by atoms with Crippen LogP contribution in [0.15, 0.2) is 36.4 Å². The number of fused-ring (bicyclic) bond motifs is 15. The van der Waals surface area contributed by atoms with E-state index < -0.39 is 29.7 Å². The average Bonchev–Trinajstić information content (AvgIpc) is 2.83. The number of ketones is 1. The van der Waals surface area contributed by atoms with Gasteiger partial charge in [-0.1, -0.05) is 32.1 Å². The van der Waals surface area contributed by atoms with Crippen molar-refractivity contribution < 1.29 is 33.2 Å². The first kappa shape index (κ1) is 27.1. The van der Waals surface area contributed by atoms with Gasteiger partial charge in [-0.2, -0.15) is 0 Å². The first-order valence-corrected chi connectivity index (χ1v) is 11.2. The molecule has 3 atom stereocenters. The lowest BCUT2D eigenvalue weighted by Crippen LogP contribution is -2.47. The number of hydrogen-bond acceptors (Lipinski definition) is 8. The van der Waals surface area contributed by atoms with Gasteiger partial charge in [-0.3, -0.25) is 19.8 Å². The van der Waals surface area contributed by atoms with Crippen molar-refractivity contribution in [3.05, 3.63) is 42.0 Å². The molecule has 0 fully saturated rings. The van der Waals surface area contributed by atoms with Gasteiger partial charge in [0.25, 0.3) is 0 Å². The lowest BCUT2D eigenvalue weighted by Gasteiger charge is -2.25. The van der Waals surface area contributed by atoms with Gasteiger partial charge >= 0.3 is 13.5 Å². The molecule has 1 aromatic rings. The van der Waals surface area contributed by atoms with Crippen molar-refractivity contribution in [3.63, 3.8) is 0 Å². The number of nitrogens with one attached hydrogen (secondary N) is 2. The molecule has 0 aromatic heterocycles. The number of ether oxygens (including phenoxy) is 3. The highest BCUT2D eigenvalue weighted by molar-refractivity contribution is 6.39. The molecular weight excluding hydrogens is 439 g/mol. The van der Waals surface area contributed by atoms with E-state index in [1.807, 2.05) is 38.1 Å². The zero-order valence-electron chi connectivity index (χ0n) is 19.8. The van der Waals surface area contributed by atoms with Gasteiger partial charge in [0.15, 0.2) is 5.78 Å². The summed E-state index contributed by atoms with van der Waals surface area (Å²) in [6, 6.07) is 6.50. The second-order valence-corrected chi connectivity index (χ2v) is 8.29. The van der Waals surface area contributed by atoms with E-state index in [0.29, 0.717) is 18.8 Å². The highest BCUT2D eigenvalue weighted by Crippen LogP contribution is 2.20. The van der Waals surface area contributed by atoms with Crippen molar-refractivity contribution in [3.8, 4) is 5.75 Å². The zero-order valence-corrected chi connectivity index (χ0v) is 19.8. The molecule has 0 unspecified atom stereocenters. The maximum Gasteiger partial charge on any atom is 0.384 e. The van der Waals surface area contributed by atoms with Gasteiger partial charge in [0.1, 0.15) is 18.8 Å². The quantitative estimate of drug-likeness (QED) is 0.222. The first-order chi connectivity index (χ1) is 16.3. The van der Waals surface area contributed by atoms with Crippen LogP contribution in [-0.4, -0.2) is 64.5 Å². The van der Waals surface area contributed by atoms with E-state index in [-0.39, 0.29) is 31.3 Å². The monoisotopic (exact) mass is 471 g/mol. The lowest BCUT2D eigenvalue weighted by molar-refractivity contribution is -0.149. The Kier molecular flexibility index (Phi) is 11.3. The average molecular weight is 471 g/mol. The minimum absolute atomic E-state index is 0.00706. The van der Waals surface area contributed by atoms with Crippen molar-refractivity contribution in [1.29, 1.82) is 5.41 Å². The third-order valence-electron chi connectivity index (χ3n) is 5.37. The van der Waals surface area contributed by atoms with Crippen molar-refractivity contribution in [1.82, 2.24) is 5.32 Å². The summed E-state index contributed by atoms with van der Waals surface area (Å²) >= 11 is 0. The van der Waals surface area contributed by atoms with Crippen LogP contribution in [0.5, 0.6) is 5.75 Å². The number of Topliss-reactive ketones (excluding diaryl/α,β-unsaturated/α-hetero) is 1. The lowest BCUT2D eigenvalue weighted by atomic mass is 9.74. The molecule has 2 N–H and O–H groups in total. The summed E-state index contributed by atoms with van der Waals surface area (Å²) in [5.74, 6) is -2.33. The molecule has 183 valence electrons. The van der Waals surface area contributed by atoms with E-state index in [1.165, 1.54) is 14.6 Å². The summed E-state index contributed by atoms with van der Waals surface area (Å²) in [5.41, 5.74) is 0.859. The van der Waals surface area contributed by atoms with E-state index >= 15 is 0 Å². The Morgan fingerprint density at radius 3 is 2.53 bits per heavy atom. The predicted molar refractivity (Wildman–Crippen MR) is 127 cm³/mol. The SMILES string of the molecule is COC(=O)[C@@H]1COC/C=C/COc2ccc(cc2)C[C@H]([B]OC=N)C(=O)N[C@@H](C(C)C)C(=O)C1. The molecule has 34 heavy (non-hydrogen) atoms. The van der Waals surface area contributed by atoms with Crippen molar-refractivity contribution in [2.24, 2.45) is 11.8 Å². The number of carbonyl (C=O) groups is 3. The molecule has 0 saturated heterocycles. The van der Waals surface area contributed by atoms with Crippen LogP contribution in [-0.2, 0) is 34.9 Å². The molecule has 2 aliphatic rings. The fourth-order valence-corrected chi connectivity index (χ4v) is 3.50. The fourth-order valence-electron chi connectivity index (χ4n) is 3.50. The number of esters is 1. The standard InChI is InChI=1S/C24H32BN2O7/c1-16(2)22-21(28)13-18(24(30)31-3)14-32-10-4-5-11-33-19-8-6-17(7-9-19)12-20(23(29)27-22)25-34-15-26/h4-9,15-16,18,20,22,26H,10-14H2,1-3H3,(H,27,29)/b5-4+,26-15?/t18-,20-,22-/m0/s1. The molecular formula is C24H32BN2O7. The van der Waals surface area contributed by atoms with Crippen molar-refractivity contribution in [2.75, 3.05) is 26.9 Å². The molecule has 9 nitrogen and oxygen atoms in total. The van der Waals surface area contributed by atoms with Crippen LogP contribution in [0.4, 0.5) is 0 Å². The largest absolute Gasteiger partial charge is 0.555 e. The molecule has 0 spiro atoms. The molecule has 10 heteroatoms. The number of amides is 1. The van der Waals surface area contributed by atoms with Crippen LogP contribution in [0.25, 0.3) is 0 Å².